The van der Waals surface area contributed by atoms with Crippen LogP contribution in [0.2, 0.25) is 5.02 Å². The first-order chi connectivity index (χ1) is 15.4. The predicted molar refractivity (Wildman–Crippen MR) is 128 cm³/mol. The van der Waals surface area contributed by atoms with Crippen LogP contribution in [0.3, 0.4) is 0 Å². The maximum absolute atomic E-state index is 13.0. The number of halogens is 1. The molecular weight excluding hydrogens is 488 g/mol. The number of hydrogen-bond acceptors (Lipinski definition) is 7. The second-order valence-electron chi connectivity index (χ2n) is 7.21. The van der Waals surface area contributed by atoms with E-state index in [1.165, 1.54) is 51.2 Å². The molecule has 0 aliphatic carbocycles. The van der Waals surface area contributed by atoms with Crippen LogP contribution in [-0.4, -0.2) is 41.9 Å². The van der Waals surface area contributed by atoms with Gasteiger partial charge in [-0.25, -0.2) is 8.42 Å². The van der Waals surface area contributed by atoms with E-state index >= 15 is 0 Å². The molecule has 4 rings (SSSR count). The molecule has 1 N–H and O–H groups in total. The van der Waals surface area contributed by atoms with E-state index in [9.17, 15) is 13.2 Å². The van der Waals surface area contributed by atoms with Crippen molar-refractivity contribution in [2.45, 2.75) is 34.3 Å². The van der Waals surface area contributed by atoms with Crippen LogP contribution < -0.4 is 5.32 Å². The van der Waals surface area contributed by atoms with E-state index in [-0.39, 0.29) is 15.5 Å². The van der Waals surface area contributed by atoms with Crippen molar-refractivity contribution in [2.24, 2.45) is 0 Å². The number of carbonyl (C=O) groups excluding carboxylic acids is 1. The van der Waals surface area contributed by atoms with Crippen molar-refractivity contribution < 1.29 is 13.2 Å². The van der Waals surface area contributed by atoms with E-state index in [0.29, 0.717) is 18.2 Å². The van der Waals surface area contributed by atoms with E-state index < -0.39 is 15.9 Å². The van der Waals surface area contributed by atoms with Gasteiger partial charge in [-0.2, -0.15) is 4.31 Å². The first kappa shape index (κ1) is 23.2. The minimum Gasteiger partial charge on any atom is -0.296 e. The smallest absolute Gasteiger partial charge is 0.257 e. The molecular formula is C21H21ClN4O3S3. The number of carbonyl (C=O) groups is 1. The van der Waals surface area contributed by atoms with Gasteiger partial charge in [-0.3, -0.25) is 10.1 Å². The zero-order valence-corrected chi connectivity index (χ0v) is 20.2. The lowest BCUT2D eigenvalue weighted by molar-refractivity contribution is 0.102. The number of nitrogens with one attached hydrogen (secondary N) is 1. The SMILES string of the molecule is O=C(Nc1nnc(SCc2ccccc2)s1)c1ccc(Cl)c(S(=O)(=O)N2CCCCC2)c1. The summed E-state index contributed by atoms with van der Waals surface area (Å²) in [5, 5.41) is 11.3. The molecule has 11 heteroatoms. The number of benzene rings is 2. The first-order valence-electron chi connectivity index (χ1n) is 10.0. The highest BCUT2D eigenvalue weighted by Crippen LogP contribution is 2.30. The van der Waals surface area contributed by atoms with Gasteiger partial charge in [0.25, 0.3) is 5.91 Å². The molecule has 0 bridgehead atoms. The topological polar surface area (TPSA) is 92.3 Å². The Labute approximate surface area is 200 Å². The Bertz CT molecular complexity index is 1200. The summed E-state index contributed by atoms with van der Waals surface area (Å²) in [7, 11) is -3.76. The average molecular weight is 509 g/mol. The van der Waals surface area contributed by atoms with Crippen LogP contribution in [-0.2, 0) is 15.8 Å². The molecule has 1 aliphatic heterocycles. The lowest BCUT2D eigenvalue weighted by Crippen LogP contribution is -2.35. The molecule has 7 nitrogen and oxygen atoms in total. The van der Waals surface area contributed by atoms with Crippen molar-refractivity contribution in [2.75, 3.05) is 18.4 Å². The molecule has 0 saturated carbocycles. The standard InChI is InChI=1S/C21H21ClN4O3S3/c22-17-10-9-16(13-18(17)32(28,29)26-11-5-2-6-12-26)19(27)23-20-24-25-21(31-20)30-14-15-7-3-1-4-8-15/h1,3-4,7-10,13H,2,5-6,11-12,14H2,(H,23,24,27). The summed E-state index contributed by atoms with van der Waals surface area (Å²) < 4.78 is 28.2. The Balaban J connectivity index is 1.45. The maximum Gasteiger partial charge on any atom is 0.257 e. The second-order valence-corrected chi connectivity index (χ2v) is 11.7. The summed E-state index contributed by atoms with van der Waals surface area (Å²) >= 11 is 8.99. The molecule has 0 unspecified atom stereocenters. The Kier molecular flexibility index (Phi) is 7.47. The number of nitrogens with zero attached hydrogens (tertiary/aromatic N) is 3. The third-order valence-electron chi connectivity index (χ3n) is 4.96. The van der Waals surface area contributed by atoms with Crippen molar-refractivity contribution >= 4 is 55.8 Å². The van der Waals surface area contributed by atoms with Crippen LogP contribution in [0.1, 0.15) is 35.2 Å². The third-order valence-corrected chi connectivity index (χ3v) is 9.38. The molecule has 0 spiro atoms. The lowest BCUT2D eigenvalue weighted by Gasteiger charge is -2.26. The van der Waals surface area contributed by atoms with Gasteiger partial charge in [0, 0.05) is 24.4 Å². The van der Waals surface area contributed by atoms with Crippen molar-refractivity contribution in [1.29, 1.82) is 0 Å². The minimum atomic E-state index is -3.76. The lowest BCUT2D eigenvalue weighted by atomic mass is 10.2. The molecule has 3 aromatic rings. The fourth-order valence-corrected chi connectivity index (χ4v) is 7.01. The maximum atomic E-state index is 13.0. The van der Waals surface area contributed by atoms with Crippen LogP contribution in [0.25, 0.3) is 0 Å². The van der Waals surface area contributed by atoms with Crippen LogP contribution in [0.5, 0.6) is 0 Å². The number of hydrogen-bond donors (Lipinski definition) is 1. The molecule has 2 heterocycles. The van der Waals surface area contributed by atoms with E-state index in [1.807, 2.05) is 30.3 Å². The van der Waals surface area contributed by atoms with Gasteiger partial charge in [-0.05, 0) is 36.6 Å². The predicted octanol–water partition coefficient (Wildman–Crippen LogP) is 4.91. The molecule has 168 valence electrons. The van der Waals surface area contributed by atoms with Crippen LogP contribution in [0.4, 0.5) is 5.13 Å². The number of anilines is 1. The Hall–Kier alpha value is -1.98. The van der Waals surface area contributed by atoms with Gasteiger partial charge in [0.2, 0.25) is 15.2 Å². The minimum absolute atomic E-state index is 0.0508. The van der Waals surface area contributed by atoms with Crippen LogP contribution >= 0.6 is 34.7 Å². The van der Waals surface area contributed by atoms with Gasteiger partial charge in [0.1, 0.15) is 4.90 Å². The number of sulfonamides is 1. The third kappa shape index (κ3) is 5.49. The zero-order valence-electron chi connectivity index (χ0n) is 17.0. The van der Waals surface area contributed by atoms with Gasteiger partial charge >= 0.3 is 0 Å². The normalized spacial score (nSPS) is 14.9. The Morgan fingerprint density at radius 2 is 1.84 bits per heavy atom. The Morgan fingerprint density at radius 3 is 2.59 bits per heavy atom. The molecule has 1 fully saturated rings. The molecule has 2 aromatic carbocycles. The van der Waals surface area contributed by atoms with E-state index in [4.69, 9.17) is 11.6 Å². The monoisotopic (exact) mass is 508 g/mol. The highest BCUT2D eigenvalue weighted by Gasteiger charge is 2.29. The molecule has 1 aromatic heterocycles. The van der Waals surface area contributed by atoms with Crippen LogP contribution in [0, 0.1) is 0 Å². The van der Waals surface area contributed by atoms with E-state index in [1.54, 1.807) is 0 Å². The summed E-state index contributed by atoms with van der Waals surface area (Å²) in [4.78, 5) is 12.7. The van der Waals surface area contributed by atoms with E-state index in [0.717, 1.165) is 29.4 Å². The fraction of sp³-hybridized carbons (Fsp3) is 0.286. The summed E-state index contributed by atoms with van der Waals surface area (Å²) in [5.41, 5.74) is 1.36. The number of thioether (sulfide) groups is 1. The molecule has 32 heavy (non-hydrogen) atoms. The van der Waals surface area contributed by atoms with Crippen molar-refractivity contribution in [3.05, 3.63) is 64.7 Å². The summed E-state index contributed by atoms with van der Waals surface area (Å²) in [6.07, 6.45) is 2.65. The fourth-order valence-electron chi connectivity index (χ4n) is 3.29. The highest BCUT2D eigenvalue weighted by molar-refractivity contribution is 8.00. The first-order valence-corrected chi connectivity index (χ1v) is 13.7. The van der Waals surface area contributed by atoms with Gasteiger partial charge in [-0.1, -0.05) is 71.5 Å². The van der Waals surface area contributed by atoms with Crippen LogP contribution in [0.15, 0.2) is 57.8 Å². The molecule has 1 amide bonds. The number of amides is 1. The van der Waals surface area contributed by atoms with Gasteiger partial charge in [-0.15, -0.1) is 10.2 Å². The molecule has 1 aliphatic rings. The quantitative estimate of drug-likeness (QED) is 0.360. The van der Waals surface area contributed by atoms with Crippen molar-refractivity contribution in [1.82, 2.24) is 14.5 Å². The largest absolute Gasteiger partial charge is 0.296 e. The van der Waals surface area contributed by atoms with Crippen molar-refractivity contribution in [3.63, 3.8) is 0 Å². The second kappa shape index (κ2) is 10.3. The highest BCUT2D eigenvalue weighted by atomic mass is 35.5. The molecule has 0 atom stereocenters. The van der Waals surface area contributed by atoms with Crippen molar-refractivity contribution in [3.8, 4) is 0 Å². The Morgan fingerprint density at radius 1 is 1.09 bits per heavy atom. The zero-order chi connectivity index (χ0) is 22.6. The summed E-state index contributed by atoms with van der Waals surface area (Å²) in [6.45, 7) is 0.923. The van der Waals surface area contributed by atoms with E-state index in [2.05, 4.69) is 15.5 Å². The number of piperidine rings is 1. The summed E-state index contributed by atoms with van der Waals surface area (Å²) in [6, 6.07) is 14.3. The number of rotatable bonds is 7. The average Bonchev–Trinajstić information content (AvgIpc) is 3.26. The van der Waals surface area contributed by atoms with Gasteiger partial charge in [0.05, 0.1) is 5.02 Å². The van der Waals surface area contributed by atoms with Gasteiger partial charge < -0.3 is 0 Å². The number of aromatic nitrogens is 2. The molecule has 1 saturated heterocycles. The summed E-state index contributed by atoms with van der Waals surface area (Å²) in [5.74, 6) is 0.283. The van der Waals surface area contributed by atoms with Gasteiger partial charge in [0.15, 0.2) is 4.34 Å². The molecule has 0 radical (unpaired) electrons.